The van der Waals surface area contributed by atoms with Crippen LogP contribution >= 0.6 is 24.0 Å². The Morgan fingerprint density at radius 2 is 1.69 bits per heavy atom. The summed E-state index contributed by atoms with van der Waals surface area (Å²) in [5, 5.41) is 0. The van der Waals surface area contributed by atoms with Crippen LogP contribution in [0.5, 0.6) is 0 Å². The van der Waals surface area contributed by atoms with Crippen molar-refractivity contribution in [3.63, 3.8) is 0 Å². The normalized spacial score (nSPS) is 17.6. The number of thioether (sulfide) groups is 1. The summed E-state index contributed by atoms with van der Waals surface area (Å²) in [7, 11) is 0. The SMILES string of the molecule is CCCCCCCN1C(=O)/C(=C\c2c(N3CCN(Cc4ccccc4)CC3)nc3ccccn3c2=O)SC1=S. The summed E-state index contributed by atoms with van der Waals surface area (Å²) in [5.74, 6) is 0.520. The smallest absolute Gasteiger partial charge is 0.267 e. The van der Waals surface area contributed by atoms with E-state index in [1.165, 1.54) is 36.6 Å². The van der Waals surface area contributed by atoms with Crippen LogP contribution in [0.2, 0.25) is 0 Å². The third-order valence-corrected chi connectivity index (χ3v) is 8.68. The highest BCUT2D eigenvalue weighted by Crippen LogP contribution is 2.34. The van der Waals surface area contributed by atoms with Gasteiger partial charge in [0.05, 0.1) is 10.5 Å². The number of unbranched alkanes of at least 4 members (excludes halogenated alkanes) is 4. The molecule has 5 rings (SSSR count). The third-order valence-electron chi connectivity index (χ3n) is 7.30. The maximum absolute atomic E-state index is 13.7. The molecule has 2 aromatic heterocycles. The first-order chi connectivity index (χ1) is 19.0. The van der Waals surface area contributed by atoms with Gasteiger partial charge in [0.25, 0.3) is 11.5 Å². The van der Waals surface area contributed by atoms with Gasteiger partial charge in [0.15, 0.2) is 0 Å². The van der Waals surface area contributed by atoms with Crippen molar-refractivity contribution in [3.8, 4) is 0 Å². The first-order valence-corrected chi connectivity index (χ1v) is 15.1. The maximum atomic E-state index is 13.7. The van der Waals surface area contributed by atoms with Gasteiger partial charge in [-0.1, -0.05) is 93.0 Å². The molecule has 7 nitrogen and oxygen atoms in total. The molecule has 0 aliphatic carbocycles. The lowest BCUT2D eigenvalue weighted by molar-refractivity contribution is -0.122. The van der Waals surface area contributed by atoms with Gasteiger partial charge >= 0.3 is 0 Å². The highest BCUT2D eigenvalue weighted by atomic mass is 32.2. The van der Waals surface area contributed by atoms with Gasteiger partial charge in [-0.3, -0.25) is 23.8 Å². The number of amides is 1. The molecule has 0 unspecified atom stereocenters. The summed E-state index contributed by atoms with van der Waals surface area (Å²) in [6, 6.07) is 16.0. The van der Waals surface area contributed by atoms with E-state index in [1.807, 2.05) is 24.3 Å². The minimum absolute atomic E-state index is 0.114. The van der Waals surface area contributed by atoms with Crippen molar-refractivity contribution in [1.82, 2.24) is 19.2 Å². The zero-order valence-electron chi connectivity index (χ0n) is 22.4. The van der Waals surface area contributed by atoms with Crippen molar-refractivity contribution in [2.24, 2.45) is 0 Å². The van der Waals surface area contributed by atoms with Gasteiger partial charge in [0.2, 0.25) is 0 Å². The predicted octanol–water partition coefficient (Wildman–Crippen LogP) is 5.19. The molecule has 0 spiro atoms. The van der Waals surface area contributed by atoms with Crippen LogP contribution < -0.4 is 10.5 Å². The Morgan fingerprint density at radius 1 is 0.949 bits per heavy atom. The number of aromatic nitrogens is 2. The van der Waals surface area contributed by atoms with E-state index in [2.05, 4.69) is 41.0 Å². The molecule has 1 amide bonds. The zero-order valence-corrected chi connectivity index (χ0v) is 24.1. The van der Waals surface area contributed by atoms with Gasteiger partial charge in [-0.25, -0.2) is 4.98 Å². The second-order valence-corrected chi connectivity index (χ2v) is 11.8. The molecule has 0 radical (unpaired) electrons. The summed E-state index contributed by atoms with van der Waals surface area (Å²) in [5.41, 5.74) is 2.16. The largest absolute Gasteiger partial charge is 0.353 e. The lowest BCUT2D eigenvalue weighted by Crippen LogP contribution is -2.47. The van der Waals surface area contributed by atoms with Crippen LogP contribution in [0.4, 0.5) is 5.82 Å². The van der Waals surface area contributed by atoms with Crippen LogP contribution in [0, 0.1) is 0 Å². The van der Waals surface area contributed by atoms with Crippen LogP contribution in [0.25, 0.3) is 11.7 Å². The molecule has 39 heavy (non-hydrogen) atoms. The molecule has 0 atom stereocenters. The van der Waals surface area contributed by atoms with Crippen molar-refractivity contribution >= 4 is 51.7 Å². The van der Waals surface area contributed by atoms with Crippen LogP contribution in [0.1, 0.15) is 50.2 Å². The number of thiocarbonyl (C=S) groups is 1. The van der Waals surface area contributed by atoms with Crippen LogP contribution in [0.3, 0.4) is 0 Å². The molecule has 1 aromatic carbocycles. The highest BCUT2D eigenvalue weighted by Gasteiger charge is 2.33. The van der Waals surface area contributed by atoms with E-state index < -0.39 is 0 Å². The first-order valence-electron chi connectivity index (χ1n) is 13.8. The van der Waals surface area contributed by atoms with E-state index in [0.29, 0.717) is 32.8 Å². The van der Waals surface area contributed by atoms with Crippen molar-refractivity contribution in [2.45, 2.75) is 45.6 Å². The van der Waals surface area contributed by atoms with Gasteiger partial charge in [0, 0.05) is 45.5 Å². The number of nitrogens with zero attached hydrogens (tertiary/aromatic N) is 5. The third kappa shape index (κ3) is 6.42. The minimum atomic E-state index is -0.174. The lowest BCUT2D eigenvalue weighted by Gasteiger charge is -2.36. The second-order valence-electron chi connectivity index (χ2n) is 10.1. The Labute approximate surface area is 239 Å². The molecular formula is C30H35N5O2S2. The molecule has 3 aromatic rings. The Morgan fingerprint density at radius 3 is 2.46 bits per heavy atom. The molecule has 0 N–H and O–H groups in total. The first kappa shape index (κ1) is 27.6. The molecule has 4 heterocycles. The number of piperazine rings is 1. The molecule has 0 saturated carbocycles. The van der Waals surface area contributed by atoms with Gasteiger partial charge in [-0.2, -0.15) is 0 Å². The van der Waals surface area contributed by atoms with Gasteiger partial charge in [-0.05, 0) is 30.2 Å². The number of carbonyl (C=O) groups is 1. The van der Waals surface area contributed by atoms with E-state index in [0.717, 1.165) is 45.6 Å². The van der Waals surface area contributed by atoms with Gasteiger partial charge in [-0.15, -0.1) is 0 Å². The lowest BCUT2D eigenvalue weighted by atomic mass is 10.1. The number of carbonyl (C=O) groups excluding carboxylic acids is 1. The van der Waals surface area contributed by atoms with Crippen molar-refractivity contribution in [2.75, 3.05) is 37.6 Å². The standard InChI is InChI=1S/C30H35N5O2S2/c1-2-3-4-5-10-16-35-29(37)25(39-30(35)38)21-24-27(31-26-14-9-11-15-34(26)28(24)36)33-19-17-32(18-20-33)22-23-12-7-6-8-13-23/h6-9,11-15,21H,2-5,10,16-20,22H2,1H3/b25-21+. The number of pyridine rings is 1. The van der Waals surface area contributed by atoms with E-state index in [4.69, 9.17) is 17.2 Å². The molecule has 2 aliphatic rings. The molecule has 2 aliphatic heterocycles. The zero-order chi connectivity index (χ0) is 27.2. The van der Waals surface area contributed by atoms with E-state index in [9.17, 15) is 9.59 Å². The Kier molecular flexibility index (Phi) is 9.11. The number of hydrogen-bond donors (Lipinski definition) is 0. The predicted molar refractivity (Wildman–Crippen MR) is 164 cm³/mol. The summed E-state index contributed by atoms with van der Waals surface area (Å²) in [6.07, 6.45) is 9.02. The van der Waals surface area contributed by atoms with Crippen molar-refractivity contribution < 1.29 is 4.79 Å². The molecule has 0 bridgehead atoms. The molecular weight excluding hydrogens is 526 g/mol. The fourth-order valence-corrected chi connectivity index (χ4v) is 6.41. The van der Waals surface area contributed by atoms with Crippen LogP contribution in [0.15, 0.2) is 64.4 Å². The van der Waals surface area contributed by atoms with Gasteiger partial charge in [0.1, 0.15) is 15.8 Å². The number of benzene rings is 1. The van der Waals surface area contributed by atoms with E-state index >= 15 is 0 Å². The fourth-order valence-electron chi connectivity index (χ4n) is 5.12. The molecule has 9 heteroatoms. The number of rotatable bonds is 10. The number of hydrogen-bond acceptors (Lipinski definition) is 7. The summed E-state index contributed by atoms with van der Waals surface area (Å²) in [6.45, 7) is 6.95. The molecule has 2 saturated heterocycles. The topological polar surface area (TPSA) is 61.2 Å². The average Bonchev–Trinajstić information content (AvgIpc) is 3.22. The van der Waals surface area contributed by atoms with Crippen molar-refractivity contribution in [3.05, 3.63) is 81.1 Å². The molecule has 2 fully saturated rings. The summed E-state index contributed by atoms with van der Waals surface area (Å²) in [4.78, 5) is 38.7. The van der Waals surface area contributed by atoms with E-state index in [-0.39, 0.29) is 11.5 Å². The van der Waals surface area contributed by atoms with Crippen LogP contribution in [-0.4, -0.2) is 62.1 Å². The summed E-state index contributed by atoms with van der Waals surface area (Å²) >= 11 is 6.84. The fraction of sp³-hybridized carbons (Fsp3) is 0.400. The summed E-state index contributed by atoms with van der Waals surface area (Å²) < 4.78 is 2.11. The number of anilines is 1. The monoisotopic (exact) mass is 561 g/mol. The second kappa shape index (κ2) is 12.9. The quantitative estimate of drug-likeness (QED) is 0.192. The number of fused-ring (bicyclic) bond motifs is 1. The highest BCUT2D eigenvalue weighted by molar-refractivity contribution is 8.26. The Bertz CT molecular complexity index is 1410. The average molecular weight is 562 g/mol. The van der Waals surface area contributed by atoms with Crippen molar-refractivity contribution in [1.29, 1.82) is 0 Å². The molecule has 204 valence electrons. The van der Waals surface area contributed by atoms with Gasteiger partial charge < -0.3 is 4.90 Å². The Balaban J connectivity index is 1.38. The Hall–Kier alpha value is -3.01. The van der Waals surface area contributed by atoms with Crippen LogP contribution in [-0.2, 0) is 11.3 Å². The maximum Gasteiger partial charge on any atom is 0.267 e. The van der Waals surface area contributed by atoms with E-state index in [1.54, 1.807) is 21.6 Å². The minimum Gasteiger partial charge on any atom is -0.353 e.